The summed E-state index contributed by atoms with van der Waals surface area (Å²) in [5.74, 6) is 0.511. The van der Waals surface area contributed by atoms with E-state index in [1.54, 1.807) is 18.6 Å². The number of halogens is 1. The van der Waals surface area contributed by atoms with Crippen molar-refractivity contribution in [1.29, 1.82) is 0 Å². The molecule has 2 heterocycles. The fourth-order valence-electron chi connectivity index (χ4n) is 1.90. The molecule has 2 aromatic heterocycles. The molecular formula is C14H11BrN4. The predicted molar refractivity (Wildman–Crippen MR) is 78.9 cm³/mol. The number of rotatable bonds is 2. The van der Waals surface area contributed by atoms with E-state index in [9.17, 15) is 0 Å². The first-order chi connectivity index (χ1) is 9.24. The smallest absolute Gasteiger partial charge is 0.123 e. The zero-order valence-electron chi connectivity index (χ0n) is 9.99. The van der Waals surface area contributed by atoms with Crippen molar-refractivity contribution in [1.82, 2.24) is 14.5 Å². The Labute approximate surface area is 119 Å². The largest absolute Gasteiger partial charge is 0.384 e. The van der Waals surface area contributed by atoms with Gasteiger partial charge in [0.05, 0.1) is 18.2 Å². The maximum atomic E-state index is 5.61. The standard InChI is InChI=1S/C14H11BrN4/c15-11-2-1-3-12(6-11)19-9-17-8-13(19)10-4-5-14(16)18-7-10/h1-9H,(H2,16,18). The Morgan fingerprint density at radius 1 is 1.11 bits per heavy atom. The molecule has 0 amide bonds. The molecule has 3 rings (SSSR count). The molecule has 19 heavy (non-hydrogen) atoms. The molecule has 0 bridgehead atoms. The monoisotopic (exact) mass is 314 g/mol. The van der Waals surface area contributed by atoms with E-state index in [2.05, 4.69) is 25.9 Å². The Balaban J connectivity index is 2.10. The topological polar surface area (TPSA) is 56.7 Å². The van der Waals surface area contributed by atoms with Crippen LogP contribution in [-0.2, 0) is 0 Å². The molecule has 94 valence electrons. The molecule has 0 aliphatic rings. The number of nitrogens with zero attached hydrogens (tertiary/aromatic N) is 3. The number of benzene rings is 1. The van der Waals surface area contributed by atoms with Gasteiger partial charge in [0.2, 0.25) is 0 Å². The van der Waals surface area contributed by atoms with Crippen LogP contribution in [0.2, 0.25) is 0 Å². The van der Waals surface area contributed by atoms with Gasteiger partial charge in [-0.15, -0.1) is 0 Å². The van der Waals surface area contributed by atoms with Crippen molar-refractivity contribution in [3.63, 3.8) is 0 Å². The van der Waals surface area contributed by atoms with Crippen LogP contribution < -0.4 is 5.73 Å². The van der Waals surface area contributed by atoms with Gasteiger partial charge in [0, 0.05) is 21.9 Å². The van der Waals surface area contributed by atoms with Crippen molar-refractivity contribution in [2.75, 3.05) is 5.73 Å². The summed E-state index contributed by atoms with van der Waals surface area (Å²) in [6, 6.07) is 11.8. The third-order valence-corrected chi connectivity index (χ3v) is 3.30. The predicted octanol–water partition coefficient (Wildman–Crippen LogP) is 3.28. The van der Waals surface area contributed by atoms with E-state index in [1.165, 1.54) is 0 Å². The third kappa shape index (κ3) is 2.37. The number of aromatic nitrogens is 3. The van der Waals surface area contributed by atoms with Crippen LogP contribution in [0.5, 0.6) is 0 Å². The highest BCUT2D eigenvalue weighted by Gasteiger charge is 2.07. The summed E-state index contributed by atoms with van der Waals surface area (Å²) in [6.45, 7) is 0. The Bertz CT molecular complexity index is 703. The number of pyridine rings is 1. The van der Waals surface area contributed by atoms with Crippen LogP contribution in [0.4, 0.5) is 5.82 Å². The second-order valence-corrected chi connectivity index (χ2v) is 5.02. The summed E-state index contributed by atoms with van der Waals surface area (Å²) < 4.78 is 3.04. The first kappa shape index (κ1) is 11.9. The average Bonchev–Trinajstić information content (AvgIpc) is 2.89. The SMILES string of the molecule is Nc1ccc(-c2cncn2-c2cccc(Br)c2)cn1. The molecule has 0 saturated carbocycles. The van der Waals surface area contributed by atoms with E-state index in [0.717, 1.165) is 21.4 Å². The third-order valence-electron chi connectivity index (χ3n) is 2.81. The van der Waals surface area contributed by atoms with Crippen LogP contribution in [0.25, 0.3) is 16.9 Å². The van der Waals surface area contributed by atoms with Gasteiger partial charge < -0.3 is 5.73 Å². The zero-order valence-corrected chi connectivity index (χ0v) is 11.6. The van der Waals surface area contributed by atoms with E-state index < -0.39 is 0 Å². The van der Waals surface area contributed by atoms with Crippen molar-refractivity contribution in [3.05, 3.63) is 59.6 Å². The van der Waals surface area contributed by atoms with Crippen LogP contribution in [-0.4, -0.2) is 14.5 Å². The van der Waals surface area contributed by atoms with Gasteiger partial charge in [0.15, 0.2) is 0 Å². The Kier molecular flexibility index (Phi) is 3.05. The number of nitrogen functional groups attached to an aromatic ring is 1. The van der Waals surface area contributed by atoms with E-state index in [4.69, 9.17) is 5.73 Å². The molecule has 3 aromatic rings. The molecule has 0 aliphatic heterocycles. The van der Waals surface area contributed by atoms with E-state index >= 15 is 0 Å². The summed E-state index contributed by atoms with van der Waals surface area (Å²) in [5.41, 5.74) is 8.61. The van der Waals surface area contributed by atoms with Gasteiger partial charge in [-0.3, -0.25) is 4.57 Å². The quantitative estimate of drug-likeness (QED) is 0.789. The summed E-state index contributed by atoms with van der Waals surface area (Å²) in [4.78, 5) is 8.33. The number of hydrogen-bond donors (Lipinski definition) is 1. The number of hydrogen-bond acceptors (Lipinski definition) is 3. The van der Waals surface area contributed by atoms with Gasteiger partial charge in [-0.2, -0.15) is 0 Å². The van der Waals surface area contributed by atoms with E-state index in [0.29, 0.717) is 5.82 Å². The molecule has 5 heteroatoms. The lowest BCUT2D eigenvalue weighted by atomic mass is 10.2. The van der Waals surface area contributed by atoms with Crippen molar-refractivity contribution >= 4 is 21.7 Å². The molecule has 2 N–H and O–H groups in total. The summed E-state index contributed by atoms with van der Waals surface area (Å²) in [7, 11) is 0. The van der Waals surface area contributed by atoms with Gasteiger partial charge >= 0.3 is 0 Å². The highest BCUT2D eigenvalue weighted by molar-refractivity contribution is 9.10. The fourth-order valence-corrected chi connectivity index (χ4v) is 2.28. The summed E-state index contributed by atoms with van der Waals surface area (Å²) >= 11 is 3.48. The van der Waals surface area contributed by atoms with Gasteiger partial charge in [-0.25, -0.2) is 9.97 Å². The number of nitrogens with two attached hydrogens (primary N) is 1. The van der Waals surface area contributed by atoms with Crippen LogP contribution in [0.1, 0.15) is 0 Å². The van der Waals surface area contributed by atoms with Crippen molar-refractivity contribution in [2.24, 2.45) is 0 Å². The lowest BCUT2D eigenvalue weighted by Gasteiger charge is -2.08. The van der Waals surface area contributed by atoms with Crippen LogP contribution in [0, 0.1) is 0 Å². The Morgan fingerprint density at radius 3 is 2.74 bits per heavy atom. The van der Waals surface area contributed by atoms with Crippen LogP contribution in [0.3, 0.4) is 0 Å². The molecule has 0 spiro atoms. The molecule has 0 unspecified atom stereocenters. The highest BCUT2D eigenvalue weighted by atomic mass is 79.9. The van der Waals surface area contributed by atoms with Crippen LogP contribution in [0.15, 0.2) is 59.6 Å². The van der Waals surface area contributed by atoms with Gasteiger partial charge in [0.1, 0.15) is 5.82 Å². The molecule has 4 nitrogen and oxygen atoms in total. The average molecular weight is 315 g/mol. The minimum absolute atomic E-state index is 0.511. The summed E-state index contributed by atoms with van der Waals surface area (Å²) in [6.07, 6.45) is 5.35. The normalized spacial score (nSPS) is 10.6. The maximum Gasteiger partial charge on any atom is 0.123 e. The highest BCUT2D eigenvalue weighted by Crippen LogP contribution is 2.24. The minimum Gasteiger partial charge on any atom is -0.384 e. The number of anilines is 1. The molecule has 0 aliphatic carbocycles. The number of imidazole rings is 1. The van der Waals surface area contributed by atoms with E-state index in [-0.39, 0.29) is 0 Å². The first-order valence-electron chi connectivity index (χ1n) is 5.74. The first-order valence-corrected chi connectivity index (χ1v) is 6.53. The van der Waals surface area contributed by atoms with Crippen molar-refractivity contribution < 1.29 is 0 Å². The van der Waals surface area contributed by atoms with Crippen molar-refractivity contribution in [3.8, 4) is 16.9 Å². The van der Waals surface area contributed by atoms with Crippen molar-refractivity contribution in [2.45, 2.75) is 0 Å². The molecule has 0 fully saturated rings. The van der Waals surface area contributed by atoms with Crippen LogP contribution >= 0.6 is 15.9 Å². The fraction of sp³-hybridized carbons (Fsp3) is 0. The maximum absolute atomic E-state index is 5.61. The van der Waals surface area contributed by atoms with Gasteiger partial charge in [-0.05, 0) is 30.3 Å². The lowest BCUT2D eigenvalue weighted by Crippen LogP contribution is -1.96. The molecule has 0 radical (unpaired) electrons. The zero-order chi connectivity index (χ0) is 13.2. The molecule has 0 saturated heterocycles. The summed E-state index contributed by atoms with van der Waals surface area (Å²) in [5, 5.41) is 0. The van der Waals surface area contributed by atoms with Gasteiger partial charge in [-0.1, -0.05) is 22.0 Å². The molecule has 0 atom stereocenters. The molecule has 1 aromatic carbocycles. The van der Waals surface area contributed by atoms with Gasteiger partial charge in [0.25, 0.3) is 0 Å². The molecular weight excluding hydrogens is 304 g/mol. The second kappa shape index (κ2) is 4.85. The Hall–Kier alpha value is -2.14. The Morgan fingerprint density at radius 2 is 2.00 bits per heavy atom. The lowest BCUT2D eigenvalue weighted by molar-refractivity contribution is 1.06. The van der Waals surface area contributed by atoms with E-state index in [1.807, 2.05) is 41.1 Å². The second-order valence-electron chi connectivity index (χ2n) is 4.10. The minimum atomic E-state index is 0.511.